The molecule has 0 aliphatic heterocycles. The zero-order chi connectivity index (χ0) is 14.6. The summed E-state index contributed by atoms with van der Waals surface area (Å²) in [5, 5.41) is 15.7. The molecule has 0 spiro atoms. The fourth-order valence-corrected chi connectivity index (χ4v) is 2.96. The highest BCUT2D eigenvalue weighted by Gasteiger charge is 2.36. The van der Waals surface area contributed by atoms with Crippen molar-refractivity contribution in [2.75, 3.05) is 5.32 Å². The second kappa shape index (κ2) is 6.02. The second-order valence-electron chi connectivity index (χ2n) is 5.56. The van der Waals surface area contributed by atoms with Crippen molar-refractivity contribution in [3.05, 3.63) is 6.33 Å². The molecule has 2 rings (SSSR count). The van der Waals surface area contributed by atoms with Gasteiger partial charge in [0.2, 0.25) is 11.9 Å². The van der Waals surface area contributed by atoms with E-state index >= 15 is 0 Å². The van der Waals surface area contributed by atoms with E-state index < -0.39 is 11.4 Å². The first-order valence-electron chi connectivity index (χ1n) is 6.86. The van der Waals surface area contributed by atoms with Crippen LogP contribution in [0.4, 0.5) is 5.95 Å². The van der Waals surface area contributed by atoms with Crippen molar-refractivity contribution in [1.82, 2.24) is 14.8 Å². The van der Waals surface area contributed by atoms with E-state index in [1.165, 1.54) is 11.0 Å². The van der Waals surface area contributed by atoms with E-state index in [2.05, 4.69) is 15.4 Å². The monoisotopic (exact) mass is 280 g/mol. The first kappa shape index (κ1) is 14.5. The number of aryl methyl sites for hydroxylation is 1. The number of hydrogen-bond acceptors (Lipinski definition) is 4. The normalized spacial score (nSPS) is 17.6. The molecule has 20 heavy (non-hydrogen) atoms. The molecule has 0 atom stereocenters. The van der Waals surface area contributed by atoms with Gasteiger partial charge in [0.15, 0.2) is 0 Å². The van der Waals surface area contributed by atoms with Crippen molar-refractivity contribution in [2.24, 2.45) is 12.5 Å². The highest BCUT2D eigenvalue weighted by atomic mass is 16.4. The van der Waals surface area contributed by atoms with Gasteiger partial charge in [-0.05, 0) is 18.3 Å². The van der Waals surface area contributed by atoms with Crippen molar-refractivity contribution in [3.8, 4) is 0 Å². The van der Waals surface area contributed by atoms with Gasteiger partial charge in [0, 0.05) is 13.5 Å². The summed E-state index contributed by atoms with van der Waals surface area (Å²) in [5.74, 6) is -0.640. The SMILES string of the molecule is Cn1ncnc1NC(=O)CC1(CC(=O)O)CCCCC1. The smallest absolute Gasteiger partial charge is 0.303 e. The first-order chi connectivity index (χ1) is 9.51. The van der Waals surface area contributed by atoms with Gasteiger partial charge < -0.3 is 5.11 Å². The highest BCUT2D eigenvalue weighted by molar-refractivity contribution is 5.89. The van der Waals surface area contributed by atoms with Gasteiger partial charge in [0.05, 0.1) is 6.42 Å². The topological polar surface area (TPSA) is 97.1 Å². The molecule has 1 aliphatic carbocycles. The molecule has 7 heteroatoms. The molecule has 0 radical (unpaired) electrons. The number of nitrogens with one attached hydrogen (secondary N) is 1. The molecule has 1 aliphatic rings. The summed E-state index contributed by atoms with van der Waals surface area (Å²) < 4.78 is 1.47. The summed E-state index contributed by atoms with van der Waals surface area (Å²) in [5.41, 5.74) is -0.410. The number of carbonyl (C=O) groups excluding carboxylic acids is 1. The molecule has 0 saturated heterocycles. The number of carboxylic acids is 1. The van der Waals surface area contributed by atoms with Crippen molar-refractivity contribution in [3.63, 3.8) is 0 Å². The Morgan fingerprint density at radius 1 is 1.35 bits per heavy atom. The number of nitrogens with zero attached hydrogens (tertiary/aromatic N) is 3. The summed E-state index contributed by atoms with van der Waals surface area (Å²) in [6.45, 7) is 0. The van der Waals surface area contributed by atoms with Crippen LogP contribution in [0.25, 0.3) is 0 Å². The van der Waals surface area contributed by atoms with Crippen molar-refractivity contribution < 1.29 is 14.7 Å². The van der Waals surface area contributed by atoms with Crippen molar-refractivity contribution in [1.29, 1.82) is 0 Å². The molecule has 1 aromatic rings. The van der Waals surface area contributed by atoms with Crippen LogP contribution in [0.3, 0.4) is 0 Å². The van der Waals surface area contributed by atoms with Gasteiger partial charge in [-0.1, -0.05) is 19.3 Å². The Labute approximate surface area is 117 Å². The van der Waals surface area contributed by atoms with Crippen LogP contribution >= 0.6 is 0 Å². The van der Waals surface area contributed by atoms with Gasteiger partial charge in [-0.25, -0.2) is 4.68 Å². The van der Waals surface area contributed by atoms with E-state index in [9.17, 15) is 9.59 Å². The van der Waals surface area contributed by atoms with Gasteiger partial charge in [-0.15, -0.1) is 0 Å². The predicted molar refractivity (Wildman–Crippen MR) is 72.0 cm³/mol. The van der Waals surface area contributed by atoms with E-state index in [0.717, 1.165) is 32.1 Å². The van der Waals surface area contributed by atoms with Crippen LogP contribution in [0.15, 0.2) is 6.33 Å². The van der Waals surface area contributed by atoms with E-state index in [1.54, 1.807) is 7.05 Å². The Bertz CT molecular complexity index is 492. The third-order valence-electron chi connectivity index (χ3n) is 3.94. The number of carbonyl (C=O) groups is 2. The Kier molecular flexibility index (Phi) is 4.36. The minimum atomic E-state index is -0.835. The lowest BCUT2D eigenvalue weighted by Crippen LogP contribution is -2.32. The van der Waals surface area contributed by atoms with Crippen LogP contribution in [-0.2, 0) is 16.6 Å². The van der Waals surface area contributed by atoms with Gasteiger partial charge in [-0.2, -0.15) is 10.1 Å². The standard InChI is InChI=1S/C13H20N4O3/c1-17-12(14-9-15-17)16-10(18)7-13(8-11(19)20)5-3-2-4-6-13/h9H,2-8H2,1H3,(H,19,20)(H,14,15,16,18). The summed E-state index contributed by atoms with van der Waals surface area (Å²) in [6, 6.07) is 0. The lowest BCUT2D eigenvalue weighted by molar-refractivity contribution is -0.140. The molecular formula is C13H20N4O3. The van der Waals surface area contributed by atoms with Crippen LogP contribution < -0.4 is 5.32 Å². The third kappa shape index (κ3) is 3.55. The Balaban J connectivity index is 2.01. The number of aliphatic carboxylic acids is 1. The summed E-state index contributed by atoms with van der Waals surface area (Å²) in [7, 11) is 1.69. The quantitative estimate of drug-likeness (QED) is 0.853. The van der Waals surface area contributed by atoms with E-state index in [4.69, 9.17) is 5.11 Å². The molecule has 1 saturated carbocycles. The minimum absolute atomic E-state index is 0.0548. The molecule has 0 unspecified atom stereocenters. The minimum Gasteiger partial charge on any atom is -0.481 e. The Morgan fingerprint density at radius 3 is 2.60 bits per heavy atom. The summed E-state index contributed by atoms with van der Waals surface area (Å²) >= 11 is 0. The van der Waals surface area contributed by atoms with Crippen LogP contribution in [0.1, 0.15) is 44.9 Å². The highest BCUT2D eigenvalue weighted by Crippen LogP contribution is 2.42. The van der Waals surface area contributed by atoms with Crippen molar-refractivity contribution in [2.45, 2.75) is 44.9 Å². The van der Waals surface area contributed by atoms with Gasteiger partial charge >= 0.3 is 5.97 Å². The molecule has 0 aromatic carbocycles. The molecule has 1 fully saturated rings. The average Bonchev–Trinajstić information content (AvgIpc) is 2.74. The van der Waals surface area contributed by atoms with Crippen LogP contribution in [0, 0.1) is 5.41 Å². The largest absolute Gasteiger partial charge is 0.481 e. The Morgan fingerprint density at radius 2 is 2.05 bits per heavy atom. The third-order valence-corrected chi connectivity index (χ3v) is 3.94. The number of carboxylic acid groups (broad SMARTS) is 1. The maximum atomic E-state index is 12.1. The lowest BCUT2D eigenvalue weighted by Gasteiger charge is -2.35. The van der Waals surface area contributed by atoms with Gasteiger partial charge in [0.25, 0.3) is 0 Å². The molecule has 7 nitrogen and oxygen atoms in total. The number of rotatable bonds is 5. The van der Waals surface area contributed by atoms with Crippen molar-refractivity contribution >= 4 is 17.8 Å². The number of anilines is 1. The second-order valence-corrected chi connectivity index (χ2v) is 5.56. The maximum Gasteiger partial charge on any atom is 0.303 e. The molecular weight excluding hydrogens is 260 g/mol. The zero-order valence-corrected chi connectivity index (χ0v) is 11.6. The van der Waals surface area contributed by atoms with Gasteiger partial charge in [-0.3, -0.25) is 14.9 Å². The first-order valence-corrected chi connectivity index (χ1v) is 6.86. The molecule has 1 aromatic heterocycles. The van der Waals surface area contributed by atoms with Crippen LogP contribution in [0.2, 0.25) is 0 Å². The number of amides is 1. The summed E-state index contributed by atoms with van der Waals surface area (Å²) in [6.07, 6.45) is 6.34. The molecule has 1 amide bonds. The van der Waals surface area contributed by atoms with E-state index in [1.807, 2.05) is 0 Å². The zero-order valence-electron chi connectivity index (χ0n) is 11.6. The van der Waals surface area contributed by atoms with Crippen LogP contribution in [0.5, 0.6) is 0 Å². The Hall–Kier alpha value is -1.92. The average molecular weight is 280 g/mol. The fraction of sp³-hybridized carbons (Fsp3) is 0.692. The molecule has 0 bridgehead atoms. The van der Waals surface area contributed by atoms with E-state index in [-0.39, 0.29) is 18.7 Å². The van der Waals surface area contributed by atoms with E-state index in [0.29, 0.717) is 5.95 Å². The molecule has 2 N–H and O–H groups in total. The maximum absolute atomic E-state index is 12.1. The lowest BCUT2D eigenvalue weighted by atomic mass is 9.69. The molecule has 1 heterocycles. The van der Waals surface area contributed by atoms with Gasteiger partial charge in [0.1, 0.15) is 6.33 Å². The van der Waals surface area contributed by atoms with Crippen LogP contribution in [-0.4, -0.2) is 31.7 Å². The molecule has 110 valence electrons. The number of hydrogen-bond donors (Lipinski definition) is 2. The number of aromatic nitrogens is 3. The predicted octanol–water partition coefficient (Wildman–Crippen LogP) is 1.57. The fourth-order valence-electron chi connectivity index (χ4n) is 2.96. The summed E-state index contributed by atoms with van der Waals surface area (Å²) in [4.78, 5) is 27.1.